The third-order valence-electron chi connectivity index (χ3n) is 2.77. The highest BCUT2D eigenvalue weighted by molar-refractivity contribution is 14.1. The number of hydrogen-bond acceptors (Lipinski definition) is 3. The molecule has 0 saturated carbocycles. The maximum Gasteiger partial charge on any atom is 0.163 e. The van der Waals surface area contributed by atoms with E-state index >= 15 is 0 Å². The van der Waals surface area contributed by atoms with Gasteiger partial charge in [-0.25, -0.2) is 9.97 Å². The molecule has 0 aliphatic carbocycles. The molecule has 3 nitrogen and oxygen atoms in total. The van der Waals surface area contributed by atoms with Crippen molar-refractivity contribution in [2.75, 3.05) is 11.9 Å². The fourth-order valence-electron chi connectivity index (χ4n) is 1.80. The van der Waals surface area contributed by atoms with Gasteiger partial charge in [-0.05, 0) is 54.1 Å². The quantitative estimate of drug-likeness (QED) is 0.633. The zero-order valence-electron chi connectivity index (χ0n) is 11.2. The Balaban J connectivity index is 2.61. The third-order valence-corrected chi connectivity index (χ3v) is 4.72. The molecular formula is C14H14BrClIN3. The van der Waals surface area contributed by atoms with Crippen molar-refractivity contribution in [1.82, 2.24) is 9.97 Å². The lowest BCUT2D eigenvalue weighted by Gasteiger charge is -2.12. The predicted molar refractivity (Wildman–Crippen MR) is 96.4 cm³/mol. The number of benzene rings is 1. The Morgan fingerprint density at radius 1 is 1.30 bits per heavy atom. The Morgan fingerprint density at radius 2 is 2.05 bits per heavy atom. The topological polar surface area (TPSA) is 37.8 Å². The number of aryl methyl sites for hydroxylation is 1. The van der Waals surface area contributed by atoms with Crippen LogP contribution in [0.1, 0.15) is 19.5 Å². The molecule has 0 radical (unpaired) electrons. The van der Waals surface area contributed by atoms with E-state index in [9.17, 15) is 0 Å². The second-order valence-electron chi connectivity index (χ2n) is 4.16. The molecule has 0 amide bonds. The minimum Gasteiger partial charge on any atom is -0.369 e. The number of hydrogen-bond donors (Lipinski definition) is 1. The first-order valence-corrected chi connectivity index (χ1v) is 8.57. The lowest BCUT2D eigenvalue weighted by molar-refractivity contribution is 0.982. The molecule has 0 bridgehead atoms. The van der Waals surface area contributed by atoms with Crippen molar-refractivity contribution in [2.45, 2.75) is 20.3 Å². The van der Waals surface area contributed by atoms with Crippen LogP contribution in [0.3, 0.4) is 0 Å². The molecule has 0 atom stereocenters. The van der Waals surface area contributed by atoms with Crippen molar-refractivity contribution in [2.24, 2.45) is 0 Å². The molecule has 2 rings (SSSR count). The van der Waals surface area contributed by atoms with Crippen LogP contribution in [0.4, 0.5) is 5.82 Å². The van der Waals surface area contributed by atoms with Crippen LogP contribution >= 0.6 is 50.1 Å². The third kappa shape index (κ3) is 3.43. The maximum atomic E-state index is 6.27. The van der Waals surface area contributed by atoms with Gasteiger partial charge in [-0.15, -0.1) is 0 Å². The first-order chi connectivity index (χ1) is 9.56. The van der Waals surface area contributed by atoms with Gasteiger partial charge in [0, 0.05) is 16.6 Å². The maximum absolute atomic E-state index is 6.27. The summed E-state index contributed by atoms with van der Waals surface area (Å²) in [6.07, 6.45) is 0.859. The van der Waals surface area contributed by atoms with E-state index in [4.69, 9.17) is 11.6 Å². The Hall–Kier alpha value is -0.400. The van der Waals surface area contributed by atoms with E-state index in [-0.39, 0.29) is 0 Å². The fourth-order valence-corrected chi connectivity index (χ4v) is 3.18. The molecule has 0 spiro atoms. The largest absolute Gasteiger partial charge is 0.369 e. The van der Waals surface area contributed by atoms with Crippen LogP contribution in [-0.4, -0.2) is 16.5 Å². The van der Waals surface area contributed by atoms with Crippen molar-refractivity contribution in [1.29, 1.82) is 0 Å². The van der Waals surface area contributed by atoms with Gasteiger partial charge in [0.1, 0.15) is 5.82 Å². The zero-order chi connectivity index (χ0) is 14.7. The highest BCUT2D eigenvalue weighted by Gasteiger charge is 2.14. The minimum absolute atomic E-state index is 0.652. The Kier molecular flexibility index (Phi) is 5.63. The summed E-state index contributed by atoms with van der Waals surface area (Å²) < 4.78 is 2.03. The van der Waals surface area contributed by atoms with Gasteiger partial charge in [-0.2, -0.15) is 0 Å². The Labute approximate surface area is 145 Å². The summed E-state index contributed by atoms with van der Waals surface area (Å²) in [5, 5.41) is 3.93. The SMILES string of the molecule is CCNc1nc(-c2cc(Br)ccc2Cl)nc(CC)c1I. The minimum atomic E-state index is 0.652. The molecule has 1 aromatic carbocycles. The summed E-state index contributed by atoms with van der Waals surface area (Å²) in [6.45, 7) is 4.96. The van der Waals surface area contributed by atoms with Gasteiger partial charge in [0.05, 0.1) is 14.3 Å². The van der Waals surface area contributed by atoms with Gasteiger partial charge in [0.2, 0.25) is 0 Å². The molecule has 0 saturated heterocycles. The highest BCUT2D eigenvalue weighted by Crippen LogP contribution is 2.31. The van der Waals surface area contributed by atoms with Gasteiger partial charge in [-0.3, -0.25) is 0 Å². The summed E-state index contributed by atoms with van der Waals surface area (Å²) in [5.74, 6) is 1.52. The van der Waals surface area contributed by atoms with Crippen LogP contribution in [0.15, 0.2) is 22.7 Å². The van der Waals surface area contributed by atoms with E-state index in [2.05, 4.69) is 67.7 Å². The monoisotopic (exact) mass is 465 g/mol. The van der Waals surface area contributed by atoms with Gasteiger partial charge in [0.25, 0.3) is 0 Å². The predicted octanol–water partition coefficient (Wildman–Crippen LogP) is 5.16. The van der Waals surface area contributed by atoms with E-state index < -0.39 is 0 Å². The van der Waals surface area contributed by atoms with E-state index in [0.29, 0.717) is 10.8 Å². The Morgan fingerprint density at radius 3 is 2.70 bits per heavy atom. The summed E-state index contributed by atoms with van der Waals surface area (Å²) >= 11 is 12.0. The van der Waals surface area contributed by atoms with E-state index in [1.807, 2.05) is 18.2 Å². The molecular weight excluding hydrogens is 452 g/mol. The van der Waals surface area contributed by atoms with Gasteiger partial charge >= 0.3 is 0 Å². The smallest absolute Gasteiger partial charge is 0.163 e. The molecule has 6 heteroatoms. The van der Waals surface area contributed by atoms with Crippen LogP contribution in [0.5, 0.6) is 0 Å². The summed E-state index contributed by atoms with van der Waals surface area (Å²) in [7, 11) is 0. The molecule has 0 aliphatic rings. The lowest BCUT2D eigenvalue weighted by Crippen LogP contribution is -2.07. The first-order valence-electron chi connectivity index (χ1n) is 6.32. The summed E-state index contributed by atoms with van der Waals surface area (Å²) in [4.78, 5) is 9.25. The second kappa shape index (κ2) is 7.04. The van der Waals surface area contributed by atoms with E-state index in [1.165, 1.54) is 0 Å². The van der Waals surface area contributed by atoms with Crippen molar-refractivity contribution >= 4 is 55.9 Å². The lowest BCUT2D eigenvalue weighted by atomic mass is 10.2. The van der Waals surface area contributed by atoms with Crippen LogP contribution in [0.2, 0.25) is 5.02 Å². The van der Waals surface area contributed by atoms with Crippen molar-refractivity contribution in [3.8, 4) is 11.4 Å². The van der Waals surface area contributed by atoms with E-state index in [0.717, 1.165) is 38.1 Å². The van der Waals surface area contributed by atoms with Crippen LogP contribution < -0.4 is 5.32 Å². The first kappa shape index (κ1) is 16.0. The van der Waals surface area contributed by atoms with Crippen LogP contribution in [0.25, 0.3) is 11.4 Å². The number of rotatable bonds is 4. The van der Waals surface area contributed by atoms with Gasteiger partial charge < -0.3 is 5.32 Å². The molecule has 1 N–H and O–H groups in total. The molecule has 0 unspecified atom stereocenters. The number of halogens is 3. The van der Waals surface area contributed by atoms with Crippen molar-refractivity contribution in [3.63, 3.8) is 0 Å². The second-order valence-corrected chi connectivity index (χ2v) is 6.57. The fraction of sp³-hybridized carbons (Fsp3) is 0.286. The van der Waals surface area contributed by atoms with Crippen LogP contribution in [0, 0.1) is 3.57 Å². The number of nitrogens with one attached hydrogen (secondary N) is 1. The number of anilines is 1. The average molecular weight is 467 g/mol. The Bertz CT molecular complexity index is 634. The molecule has 0 fully saturated rings. The average Bonchev–Trinajstić information content (AvgIpc) is 2.44. The number of aromatic nitrogens is 2. The van der Waals surface area contributed by atoms with E-state index in [1.54, 1.807) is 0 Å². The molecule has 2 aromatic rings. The summed E-state index contributed by atoms with van der Waals surface area (Å²) in [5.41, 5.74) is 1.87. The van der Waals surface area contributed by atoms with Crippen molar-refractivity contribution < 1.29 is 0 Å². The normalized spacial score (nSPS) is 10.7. The number of nitrogens with zero attached hydrogens (tertiary/aromatic N) is 2. The summed E-state index contributed by atoms with van der Waals surface area (Å²) in [6, 6.07) is 5.70. The molecule has 20 heavy (non-hydrogen) atoms. The van der Waals surface area contributed by atoms with Crippen LogP contribution in [-0.2, 0) is 6.42 Å². The highest BCUT2D eigenvalue weighted by atomic mass is 127. The van der Waals surface area contributed by atoms with Gasteiger partial charge in [-0.1, -0.05) is 34.5 Å². The van der Waals surface area contributed by atoms with Gasteiger partial charge in [0.15, 0.2) is 5.82 Å². The van der Waals surface area contributed by atoms with Crippen molar-refractivity contribution in [3.05, 3.63) is 37.0 Å². The standard InChI is InChI=1S/C14H14BrClIN3/c1-3-11-12(17)14(18-4-2)20-13(19-11)9-7-8(15)5-6-10(9)16/h5-7H,3-4H2,1-2H3,(H,18,19,20). The molecule has 106 valence electrons. The molecule has 1 heterocycles. The zero-order valence-corrected chi connectivity index (χ0v) is 15.7. The molecule has 1 aromatic heterocycles. The molecule has 0 aliphatic heterocycles.